The third-order valence-electron chi connectivity index (χ3n) is 8.49. The predicted molar refractivity (Wildman–Crippen MR) is 174 cm³/mol. The van der Waals surface area contributed by atoms with Crippen LogP contribution in [0.2, 0.25) is 0 Å². The van der Waals surface area contributed by atoms with Gasteiger partial charge < -0.3 is 29.2 Å². The molecule has 11 heteroatoms. The van der Waals surface area contributed by atoms with E-state index in [0.29, 0.717) is 55.3 Å². The van der Waals surface area contributed by atoms with Crippen LogP contribution in [-0.4, -0.2) is 85.7 Å². The number of likely N-dealkylation sites (tertiary alicyclic amines) is 1. The third kappa shape index (κ3) is 7.87. The zero-order valence-corrected chi connectivity index (χ0v) is 26.6. The summed E-state index contributed by atoms with van der Waals surface area (Å²) >= 11 is 0. The number of carbonyl (C=O) groups excluding carboxylic acids is 2. The van der Waals surface area contributed by atoms with Crippen LogP contribution in [0.5, 0.6) is 17.2 Å². The third-order valence-corrected chi connectivity index (χ3v) is 8.49. The number of rotatable bonds is 6. The number of methoxy groups -OCH3 is 2. The topological polar surface area (TPSA) is 102 Å². The summed E-state index contributed by atoms with van der Waals surface area (Å²) in [6, 6.07) is 21.0. The Morgan fingerprint density at radius 2 is 1.91 bits per heavy atom. The van der Waals surface area contributed by atoms with E-state index in [-0.39, 0.29) is 48.8 Å². The van der Waals surface area contributed by atoms with E-state index in [1.54, 1.807) is 43.4 Å². The Balaban J connectivity index is 1.26. The summed E-state index contributed by atoms with van der Waals surface area (Å²) in [4.78, 5) is 35.3. The van der Waals surface area contributed by atoms with E-state index in [1.165, 1.54) is 6.07 Å². The fourth-order valence-electron chi connectivity index (χ4n) is 6.13. The normalized spacial score (nSPS) is 19.0. The number of hydrogen-bond donors (Lipinski definition) is 1. The van der Waals surface area contributed by atoms with Crippen molar-refractivity contribution in [3.05, 3.63) is 95.4 Å². The Morgan fingerprint density at radius 1 is 1.04 bits per heavy atom. The molecule has 1 aromatic heterocycles. The molecule has 2 aliphatic heterocycles. The average molecular weight is 643 g/mol. The Morgan fingerprint density at radius 3 is 2.77 bits per heavy atom. The van der Waals surface area contributed by atoms with E-state index in [9.17, 15) is 14.0 Å². The number of ether oxygens (including phenoxy) is 4. The molecule has 4 aromatic rings. The molecular formula is C36H39FN4O6. The number of para-hydroxylation sites is 1. The van der Waals surface area contributed by atoms with Gasteiger partial charge in [-0.05, 0) is 60.4 Å². The van der Waals surface area contributed by atoms with Gasteiger partial charge in [0.2, 0.25) is 5.91 Å². The minimum absolute atomic E-state index is 0.133. The summed E-state index contributed by atoms with van der Waals surface area (Å²) in [7, 11) is 3.26. The Hall–Kier alpha value is -4.58. The molecule has 3 heterocycles. The SMILES string of the molecule is COCCCN1CC(=O)N[C@H]2CN(C(=O)c3ccc4cccc(F)c4n3)CC[C@H]2OCc2cccc(c2)Oc2cc(ccc2OC)C1. The van der Waals surface area contributed by atoms with Gasteiger partial charge in [-0.2, -0.15) is 0 Å². The molecule has 10 nitrogen and oxygen atoms in total. The van der Waals surface area contributed by atoms with Crippen LogP contribution >= 0.6 is 0 Å². The summed E-state index contributed by atoms with van der Waals surface area (Å²) < 4.78 is 38.0. The molecule has 0 spiro atoms. The molecule has 0 unspecified atom stereocenters. The van der Waals surface area contributed by atoms with Crippen molar-refractivity contribution in [3.8, 4) is 17.2 Å². The Bertz CT molecular complexity index is 1740. The number of benzene rings is 3. The number of halogens is 1. The van der Waals surface area contributed by atoms with Crippen LogP contribution in [0.15, 0.2) is 72.8 Å². The number of carbonyl (C=O) groups is 2. The van der Waals surface area contributed by atoms with Crippen LogP contribution in [0.25, 0.3) is 10.9 Å². The maximum Gasteiger partial charge on any atom is 0.272 e. The Labute approximate surface area is 273 Å². The summed E-state index contributed by atoms with van der Waals surface area (Å²) in [5.41, 5.74) is 2.17. The molecule has 1 saturated heterocycles. The van der Waals surface area contributed by atoms with Gasteiger partial charge in [0.05, 0.1) is 32.4 Å². The number of aromatic nitrogens is 1. The van der Waals surface area contributed by atoms with Gasteiger partial charge in [-0.15, -0.1) is 0 Å². The lowest BCUT2D eigenvalue weighted by molar-refractivity contribution is -0.125. The van der Waals surface area contributed by atoms with Crippen LogP contribution in [0, 0.1) is 5.82 Å². The van der Waals surface area contributed by atoms with Crippen LogP contribution in [0.3, 0.4) is 0 Å². The molecule has 6 rings (SSSR count). The van der Waals surface area contributed by atoms with Crippen molar-refractivity contribution in [2.24, 2.45) is 0 Å². The minimum atomic E-state index is -0.482. The zero-order valence-electron chi connectivity index (χ0n) is 26.6. The average Bonchev–Trinajstić information content (AvgIpc) is 3.07. The van der Waals surface area contributed by atoms with Crippen molar-refractivity contribution in [1.82, 2.24) is 20.1 Å². The van der Waals surface area contributed by atoms with E-state index < -0.39 is 11.9 Å². The lowest BCUT2D eigenvalue weighted by atomic mass is 10.0. The second-order valence-electron chi connectivity index (χ2n) is 11.9. The summed E-state index contributed by atoms with van der Waals surface area (Å²) in [5.74, 6) is 0.849. The van der Waals surface area contributed by atoms with Gasteiger partial charge in [-0.1, -0.05) is 36.4 Å². The van der Waals surface area contributed by atoms with E-state index in [0.717, 1.165) is 17.5 Å². The quantitative estimate of drug-likeness (QED) is 0.295. The van der Waals surface area contributed by atoms with Gasteiger partial charge in [-0.3, -0.25) is 14.5 Å². The molecule has 2 atom stereocenters. The lowest BCUT2D eigenvalue weighted by Gasteiger charge is -2.39. The molecular weight excluding hydrogens is 603 g/mol. The van der Waals surface area contributed by atoms with E-state index in [4.69, 9.17) is 18.9 Å². The molecule has 0 saturated carbocycles. The van der Waals surface area contributed by atoms with E-state index >= 15 is 0 Å². The van der Waals surface area contributed by atoms with Crippen LogP contribution in [-0.2, 0) is 27.4 Å². The molecule has 47 heavy (non-hydrogen) atoms. The molecule has 3 aromatic carbocycles. The molecule has 1 N–H and O–H groups in total. The second kappa shape index (κ2) is 14.9. The maximum atomic E-state index is 14.5. The van der Waals surface area contributed by atoms with Crippen molar-refractivity contribution >= 4 is 22.7 Å². The van der Waals surface area contributed by atoms with E-state index in [1.807, 2.05) is 42.5 Å². The van der Waals surface area contributed by atoms with Gasteiger partial charge in [0.1, 0.15) is 22.8 Å². The second-order valence-corrected chi connectivity index (χ2v) is 11.9. The van der Waals surface area contributed by atoms with Crippen LogP contribution < -0.4 is 14.8 Å². The highest BCUT2D eigenvalue weighted by Gasteiger charge is 2.34. The summed E-state index contributed by atoms with van der Waals surface area (Å²) in [6.07, 6.45) is 0.887. The number of amides is 2. The number of fused-ring (bicyclic) bond motifs is 6. The Kier molecular flexibility index (Phi) is 10.3. The lowest BCUT2D eigenvalue weighted by Crippen LogP contribution is -2.58. The predicted octanol–water partition coefficient (Wildman–Crippen LogP) is 4.94. The fourth-order valence-corrected chi connectivity index (χ4v) is 6.13. The smallest absolute Gasteiger partial charge is 0.272 e. The molecule has 2 amide bonds. The number of pyridine rings is 1. The highest BCUT2D eigenvalue weighted by Crippen LogP contribution is 2.33. The number of piperidine rings is 1. The van der Waals surface area contributed by atoms with Crippen molar-refractivity contribution < 1.29 is 32.9 Å². The van der Waals surface area contributed by atoms with Gasteiger partial charge in [-0.25, -0.2) is 9.37 Å². The van der Waals surface area contributed by atoms with Crippen molar-refractivity contribution in [3.63, 3.8) is 0 Å². The minimum Gasteiger partial charge on any atom is -0.493 e. The largest absolute Gasteiger partial charge is 0.493 e. The maximum absolute atomic E-state index is 14.5. The molecule has 0 aliphatic carbocycles. The highest BCUT2D eigenvalue weighted by molar-refractivity contribution is 5.95. The standard InChI is InChI=1S/C36H39FN4O6/c1-44-17-5-15-40-20-24-10-13-32(45-2)33(19-24)47-27-8-3-6-25(18-27)23-46-31-14-16-41(21-30(31)38-34(42)22-40)36(43)29-12-11-26-7-4-9-28(37)35(26)39-29/h3-4,6-13,18-19,30-31H,5,14-17,20-23H2,1-2H3,(H,38,42)/t30-,31+/m0/s1. The van der Waals surface area contributed by atoms with Crippen molar-refractivity contribution in [2.75, 3.05) is 47.0 Å². The van der Waals surface area contributed by atoms with Crippen LogP contribution in [0.1, 0.15) is 34.5 Å². The first kappa shape index (κ1) is 32.4. The van der Waals surface area contributed by atoms with Crippen molar-refractivity contribution in [1.29, 1.82) is 0 Å². The highest BCUT2D eigenvalue weighted by atomic mass is 19.1. The summed E-state index contributed by atoms with van der Waals surface area (Å²) in [5, 5.41) is 3.79. The van der Waals surface area contributed by atoms with Crippen molar-refractivity contribution in [2.45, 2.75) is 38.1 Å². The number of hydrogen-bond acceptors (Lipinski definition) is 8. The van der Waals surface area contributed by atoms with Crippen LogP contribution in [0.4, 0.5) is 4.39 Å². The first-order valence-corrected chi connectivity index (χ1v) is 15.8. The summed E-state index contributed by atoms with van der Waals surface area (Å²) in [6.45, 7) is 2.73. The molecule has 246 valence electrons. The molecule has 1 fully saturated rings. The molecule has 4 bridgehead atoms. The zero-order chi connectivity index (χ0) is 32.8. The molecule has 0 radical (unpaired) electrons. The molecule has 2 aliphatic rings. The number of nitrogens with one attached hydrogen (secondary N) is 1. The van der Waals surface area contributed by atoms with Gasteiger partial charge >= 0.3 is 0 Å². The van der Waals surface area contributed by atoms with Gasteiger partial charge in [0, 0.05) is 45.3 Å². The van der Waals surface area contributed by atoms with E-state index in [2.05, 4.69) is 15.2 Å². The monoisotopic (exact) mass is 642 g/mol. The first-order chi connectivity index (χ1) is 22.9. The first-order valence-electron chi connectivity index (χ1n) is 15.8. The number of nitrogens with zero attached hydrogens (tertiary/aromatic N) is 3. The van der Waals surface area contributed by atoms with Gasteiger partial charge in [0.15, 0.2) is 11.5 Å². The van der Waals surface area contributed by atoms with Gasteiger partial charge in [0.25, 0.3) is 5.91 Å². The fraction of sp³-hybridized carbons (Fsp3) is 0.361.